The Morgan fingerprint density at radius 2 is 2.30 bits per heavy atom. The van der Waals surface area contributed by atoms with Gasteiger partial charge in [0.05, 0.1) is 18.7 Å². The highest BCUT2D eigenvalue weighted by Gasteiger charge is 2.27. The predicted molar refractivity (Wildman–Crippen MR) is 81.8 cm³/mol. The lowest BCUT2D eigenvalue weighted by molar-refractivity contribution is -0.123. The molecule has 0 aliphatic heterocycles. The van der Waals surface area contributed by atoms with E-state index in [9.17, 15) is 9.90 Å². The summed E-state index contributed by atoms with van der Waals surface area (Å²) in [5.74, 6) is 0.0196. The number of likely N-dealkylation sites (N-methyl/N-ethyl adjacent to an activating group) is 1. The second kappa shape index (κ2) is 7.20. The predicted octanol–water partition coefficient (Wildman–Crippen LogP) is 2.16. The Bertz CT molecular complexity index is 422. The molecule has 0 bridgehead atoms. The highest BCUT2D eigenvalue weighted by molar-refractivity contribution is 7.10. The highest BCUT2D eigenvalue weighted by Crippen LogP contribution is 2.22. The first kappa shape index (κ1) is 15.5. The highest BCUT2D eigenvalue weighted by atomic mass is 32.1. The van der Waals surface area contributed by atoms with Gasteiger partial charge in [-0.05, 0) is 38.3 Å². The molecule has 0 saturated heterocycles. The van der Waals surface area contributed by atoms with Crippen molar-refractivity contribution in [1.82, 2.24) is 10.2 Å². The minimum absolute atomic E-state index is 0.0196. The summed E-state index contributed by atoms with van der Waals surface area (Å²) in [6, 6.07) is 4.19. The van der Waals surface area contributed by atoms with Crippen molar-refractivity contribution in [3.8, 4) is 0 Å². The molecule has 1 heterocycles. The minimum Gasteiger partial charge on any atom is -0.391 e. The second-order valence-electron chi connectivity index (χ2n) is 5.64. The van der Waals surface area contributed by atoms with Crippen molar-refractivity contribution >= 4 is 17.2 Å². The van der Waals surface area contributed by atoms with Crippen LogP contribution in [0.3, 0.4) is 0 Å². The van der Waals surface area contributed by atoms with Crippen molar-refractivity contribution in [2.24, 2.45) is 0 Å². The molecule has 5 heteroatoms. The molecule has 1 aliphatic carbocycles. The molecule has 2 N–H and O–H groups in total. The molecule has 112 valence electrons. The van der Waals surface area contributed by atoms with Crippen LogP contribution in [-0.2, 0) is 4.79 Å². The van der Waals surface area contributed by atoms with Crippen molar-refractivity contribution < 1.29 is 9.90 Å². The van der Waals surface area contributed by atoms with E-state index in [0.717, 1.165) is 25.7 Å². The molecule has 0 radical (unpaired) electrons. The largest absolute Gasteiger partial charge is 0.391 e. The van der Waals surface area contributed by atoms with Crippen molar-refractivity contribution in [3.63, 3.8) is 0 Å². The summed E-state index contributed by atoms with van der Waals surface area (Å²) in [6.45, 7) is 2.34. The number of thiophene rings is 1. The summed E-state index contributed by atoms with van der Waals surface area (Å²) in [7, 11) is 1.93. The molecule has 1 fully saturated rings. The number of hydrogen-bond acceptors (Lipinski definition) is 4. The molecular formula is C15H24N2O2S. The van der Waals surface area contributed by atoms with E-state index in [1.165, 1.54) is 4.88 Å². The van der Waals surface area contributed by atoms with E-state index in [-0.39, 0.29) is 24.1 Å². The lowest BCUT2D eigenvalue weighted by atomic mass is 9.91. The van der Waals surface area contributed by atoms with Gasteiger partial charge in [0.2, 0.25) is 5.91 Å². The summed E-state index contributed by atoms with van der Waals surface area (Å²) >= 11 is 1.65. The van der Waals surface area contributed by atoms with Crippen molar-refractivity contribution in [3.05, 3.63) is 22.4 Å². The Balaban J connectivity index is 1.81. The van der Waals surface area contributed by atoms with Crippen LogP contribution >= 0.6 is 11.3 Å². The normalized spacial score (nSPS) is 24.6. The summed E-state index contributed by atoms with van der Waals surface area (Å²) in [4.78, 5) is 15.2. The lowest BCUT2D eigenvalue weighted by Crippen LogP contribution is -2.47. The third kappa shape index (κ3) is 4.04. The maximum absolute atomic E-state index is 12.1. The van der Waals surface area contributed by atoms with Gasteiger partial charge >= 0.3 is 0 Å². The van der Waals surface area contributed by atoms with Crippen LogP contribution in [0.2, 0.25) is 0 Å². The molecule has 1 aromatic heterocycles. The van der Waals surface area contributed by atoms with E-state index < -0.39 is 0 Å². The zero-order valence-corrected chi connectivity index (χ0v) is 13.0. The van der Waals surface area contributed by atoms with Gasteiger partial charge in [-0.2, -0.15) is 0 Å². The summed E-state index contributed by atoms with van der Waals surface area (Å²) < 4.78 is 0. The first-order valence-electron chi connectivity index (χ1n) is 7.29. The minimum atomic E-state index is -0.295. The van der Waals surface area contributed by atoms with Crippen LogP contribution in [0.5, 0.6) is 0 Å². The third-order valence-corrected chi connectivity index (χ3v) is 5.06. The number of aliphatic hydroxyl groups excluding tert-OH is 1. The second-order valence-corrected chi connectivity index (χ2v) is 6.62. The Kier molecular flexibility index (Phi) is 5.57. The third-order valence-electron chi connectivity index (χ3n) is 4.00. The molecule has 0 spiro atoms. The van der Waals surface area contributed by atoms with Gasteiger partial charge in [-0.3, -0.25) is 9.69 Å². The molecule has 3 unspecified atom stereocenters. The number of nitrogens with zero attached hydrogens (tertiary/aromatic N) is 1. The molecular weight excluding hydrogens is 272 g/mol. The molecule has 1 aliphatic rings. The monoisotopic (exact) mass is 296 g/mol. The Morgan fingerprint density at radius 1 is 1.55 bits per heavy atom. The average molecular weight is 296 g/mol. The number of aliphatic hydroxyl groups is 1. The van der Waals surface area contributed by atoms with Crippen LogP contribution in [0.15, 0.2) is 17.5 Å². The Labute approximate surface area is 124 Å². The number of carbonyl (C=O) groups is 1. The van der Waals surface area contributed by atoms with Gasteiger partial charge in [0.25, 0.3) is 0 Å². The van der Waals surface area contributed by atoms with Crippen LogP contribution in [0.25, 0.3) is 0 Å². The van der Waals surface area contributed by atoms with E-state index in [2.05, 4.69) is 5.32 Å². The Hall–Kier alpha value is -0.910. The van der Waals surface area contributed by atoms with E-state index >= 15 is 0 Å². The van der Waals surface area contributed by atoms with Crippen molar-refractivity contribution in [2.45, 2.75) is 50.8 Å². The van der Waals surface area contributed by atoms with E-state index in [1.54, 1.807) is 11.3 Å². The van der Waals surface area contributed by atoms with Gasteiger partial charge in [-0.15, -0.1) is 11.3 Å². The van der Waals surface area contributed by atoms with Gasteiger partial charge in [-0.1, -0.05) is 18.9 Å². The summed E-state index contributed by atoms with van der Waals surface area (Å²) in [5, 5.41) is 15.0. The molecule has 1 saturated carbocycles. The maximum Gasteiger partial charge on any atom is 0.234 e. The average Bonchev–Trinajstić information content (AvgIpc) is 2.92. The first-order valence-corrected chi connectivity index (χ1v) is 8.17. The molecule has 1 aromatic rings. The van der Waals surface area contributed by atoms with E-state index in [1.807, 2.05) is 36.4 Å². The number of hydrogen-bond donors (Lipinski definition) is 2. The zero-order valence-electron chi connectivity index (χ0n) is 12.2. The van der Waals surface area contributed by atoms with Gasteiger partial charge in [0, 0.05) is 10.9 Å². The van der Waals surface area contributed by atoms with Crippen LogP contribution in [-0.4, -0.2) is 41.7 Å². The maximum atomic E-state index is 12.1. The number of rotatable bonds is 5. The molecule has 1 amide bonds. The molecule has 0 aromatic carbocycles. The van der Waals surface area contributed by atoms with Crippen LogP contribution in [0.1, 0.15) is 43.5 Å². The van der Waals surface area contributed by atoms with Crippen molar-refractivity contribution in [2.75, 3.05) is 13.6 Å². The number of carbonyl (C=O) groups excluding carboxylic acids is 1. The summed E-state index contributed by atoms with van der Waals surface area (Å²) in [6.07, 6.45) is 3.76. The standard InChI is InChI=1S/C15H24N2O2S/c1-11(14-8-5-9-20-14)16-15(19)10-17(2)12-6-3-4-7-13(12)18/h5,8-9,11-13,18H,3-4,6-7,10H2,1-2H3,(H,16,19). The lowest BCUT2D eigenvalue weighted by Gasteiger charge is -2.34. The van der Waals surface area contributed by atoms with Gasteiger partial charge < -0.3 is 10.4 Å². The summed E-state index contributed by atoms with van der Waals surface area (Å²) in [5.41, 5.74) is 0. The van der Waals surface area contributed by atoms with Gasteiger partial charge in [-0.25, -0.2) is 0 Å². The fraction of sp³-hybridized carbons (Fsp3) is 0.667. The molecule has 2 rings (SSSR count). The van der Waals surface area contributed by atoms with Crippen molar-refractivity contribution in [1.29, 1.82) is 0 Å². The topological polar surface area (TPSA) is 52.6 Å². The fourth-order valence-corrected chi connectivity index (χ4v) is 3.58. The van der Waals surface area contributed by atoms with E-state index in [0.29, 0.717) is 6.54 Å². The SMILES string of the molecule is CC(NC(=O)CN(C)C1CCCCC1O)c1cccs1. The van der Waals surface area contributed by atoms with Crippen LogP contribution < -0.4 is 5.32 Å². The molecule has 4 nitrogen and oxygen atoms in total. The first-order chi connectivity index (χ1) is 9.58. The van der Waals surface area contributed by atoms with Crippen LogP contribution in [0.4, 0.5) is 0 Å². The van der Waals surface area contributed by atoms with Crippen LogP contribution in [0, 0.1) is 0 Å². The molecule has 3 atom stereocenters. The number of amides is 1. The Morgan fingerprint density at radius 3 is 2.95 bits per heavy atom. The number of nitrogens with one attached hydrogen (secondary N) is 1. The van der Waals surface area contributed by atoms with Gasteiger partial charge in [0.1, 0.15) is 0 Å². The quantitative estimate of drug-likeness (QED) is 0.875. The van der Waals surface area contributed by atoms with E-state index in [4.69, 9.17) is 0 Å². The molecule has 20 heavy (non-hydrogen) atoms. The zero-order chi connectivity index (χ0) is 14.5. The smallest absolute Gasteiger partial charge is 0.234 e. The van der Waals surface area contributed by atoms with Gasteiger partial charge in [0.15, 0.2) is 0 Å². The fourth-order valence-electron chi connectivity index (χ4n) is 2.85.